The summed E-state index contributed by atoms with van der Waals surface area (Å²) >= 11 is 0. The molecule has 2 saturated carbocycles. The molecule has 2 saturated heterocycles. The van der Waals surface area contributed by atoms with E-state index in [2.05, 4.69) is 26.3 Å². The first-order chi connectivity index (χ1) is 35.9. The first-order valence-electron chi connectivity index (χ1n) is 25.5. The molecule has 4 fully saturated rings. The van der Waals surface area contributed by atoms with Gasteiger partial charge in [0.05, 0.1) is 35.2 Å². The van der Waals surface area contributed by atoms with Gasteiger partial charge >= 0.3 is 23.9 Å². The fourth-order valence-corrected chi connectivity index (χ4v) is 13.6. The highest BCUT2D eigenvalue weighted by Gasteiger charge is 2.66. The Morgan fingerprint density at radius 2 is 0.935 bits per heavy atom. The lowest BCUT2D eigenvalue weighted by Gasteiger charge is -2.53. The maximum Gasteiger partial charge on any atom is 0.340 e. The Kier molecular flexibility index (Phi) is 17.4. The SMILES string of the molecule is C.C=CCN(C=C1C(=O)OC(COC)[C@@]2(C)C1=C(O)C(=O)C1=C2C(OC(C)=O)C[C@]2(C)C(=O)CCC12)CC=C.C=CCN(C=C1C(=O)OC(COC)[C@@]2(C)C1=C(O)C(=O)C1=C2C(OC(C)=O)C[C@]2(C)C(=O)CCC12)CC=C. The first kappa shape index (κ1) is 59.3. The zero-order valence-corrected chi connectivity index (χ0v) is 44.7. The van der Waals surface area contributed by atoms with Gasteiger partial charge in [-0.2, -0.15) is 0 Å². The van der Waals surface area contributed by atoms with Crippen molar-refractivity contribution in [1.29, 1.82) is 0 Å². The topological polar surface area (TPSA) is 239 Å². The lowest BCUT2D eigenvalue weighted by atomic mass is 9.53. The number of fused-ring (bicyclic) bond motifs is 8. The number of Topliss-reactive ketones (excluding diaryl/α,β-unsaturated/α-hetero) is 4. The number of allylic oxidation sites excluding steroid dienone is 2. The molecule has 2 N–H and O–H groups in total. The number of cyclic esters (lactones) is 2. The molecule has 6 aliphatic carbocycles. The van der Waals surface area contributed by atoms with Crippen molar-refractivity contribution in [2.45, 2.75) is 112 Å². The Labute approximate surface area is 450 Å². The van der Waals surface area contributed by atoms with Crippen molar-refractivity contribution in [1.82, 2.24) is 9.80 Å². The number of esters is 4. The molecule has 2 heterocycles. The van der Waals surface area contributed by atoms with Gasteiger partial charge in [-0.05, 0) is 37.8 Å². The van der Waals surface area contributed by atoms with E-state index in [4.69, 9.17) is 28.4 Å². The molecule has 18 nitrogen and oxygen atoms in total. The van der Waals surface area contributed by atoms with Crippen molar-refractivity contribution in [2.24, 2.45) is 33.5 Å². The molecule has 0 aromatic heterocycles. The molecule has 0 aromatic rings. The van der Waals surface area contributed by atoms with Crippen LogP contribution in [0.1, 0.15) is 87.5 Å². The average Bonchev–Trinajstić information content (AvgIpc) is 3.93. The van der Waals surface area contributed by atoms with Crippen molar-refractivity contribution in [2.75, 3.05) is 53.6 Å². The highest BCUT2D eigenvalue weighted by Crippen LogP contribution is 2.64. The third-order valence-electron chi connectivity index (χ3n) is 16.9. The summed E-state index contributed by atoms with van der Waals surface area (Å²) in [6.45, 7) is 26.1. The number of nitrogens with zero attached hydrogens (tertiary/aromatic N) is 2. The quantitative estimate of drug-likeness (QED) is 0.0691. The van der Waals surface area contributed by atoms with E-state index in [1.165, 1.54) is 40.5 Å². The number of aliphatic hydroxyl groups is 2. The van der Waals surface area contributed by atoms with Gasteiger partial charge in [0.2, 0.25) is 11.6 Å². The second-order valence-electron chi connectivity index (χ2n) is 21.5. The molecule has 0 aromatic carbocycles. The van der Waals surface area contributed by atoms with E-state index >= 15 is 0 Å². The van der Waals surface area contributed by atoms with E-state index in [1.54, 1.807) is 61.8 Å². The Morgan fingerprint density at radius 1 is 0.610 bits per heavy atom. The van der Waals surface area contributed by atoms with E-state index in [0.29, 0.717) is 50.2 Å². The van der Waals surface area contributed by atoms with E-state index in [1.807, 2.05) is 0 Å². The molecule has 6 unspecified atom stereocenters. The molecule has 0 amide bonds. The first-order valence-corrected chi connectivity index (χ1v) is 25.5. The Hall–Kier alpha value is -6.92. The molecule has 0 bridgehead atoms. The molecule has 0 radical (unpaired) electrons. The summed E-state index contributed by atoms with van der Waals surface area (Å²) in [5.74, 6) is -5.98. The third kappa shape index (κ3) is 9.69. The summed E-state index contributed by atoms with van der Waals surface area (Å²) in [7, 11) is 2.92. The number of hydrogen-bond donors (Lipinski definition) is 2. The van der Waals surface area contributed by atoms with Crippen LogP contribution < -0.4 is 0 Å². The van der Waals surface area contributed by atoms with Gasteiger partial charge < -0.3 is 48.4 Å². The van der Waals surface area contributed by atoms with Gasteiger partial charge in [-0.15, -0.1) is 26.3 Å². The number of hydrogen-bond acceptors (Lipinski definition) is 18. The van der Waals surface area contributed by atoms with Crippen LogP contribution in [0.15, 0.2) is 119 Å². The standard InChI is InChI=1S/2C29H35NO8.CH4/c2*1-7-11-30(12-8-2)14-17-23-26(34)25(33)22-18-9-10-20(32)28(18,4)13-19(37-16(3)31)24(22)29(23,5)21(15-36-6)38-27(17)35;/h2*7-8,14,18-19,21,34H,1-2,9-13,15H2,3-6H3;1H4/t2*18?,19?,21?,28-,29-;/m00./s1. The minimum atomic E-state index is -1.27. The van der Waals surface area contributed by atoms with Crippen LogP contribution in [0.5, 0.6) is 0 Å². The summed E-state index contributed by atoms with van der Waals surface area (Å²) < 4.78 is 34.2. The zero-order valence-electron chi connectivity index (χ0n) is 44.7. The maximum absolute atomic E-state index is 14.0. The molecule has 8 rings (SSSR count). The van der Waals surface area contributed by atoms with Crippen LogP contribution in [0.25, 0.3) is 0 Å². The summed E-state index contributed by atoms with van der Waals surface area (Å²) in [6.07, 6.45) is 7.77. The highest BCUT2D eigenvalue weighted by molar-refractivity contribution is 6.15. The second kappa shape index (κ2) is 22.6. The molecule has 416 valence electrons. The average molecular weight is 1070 g/mol. The summed E-state index contributed by atoms with van der Waals surface area (Å²) in [5.41, 5.74) is -2.71. The van der Waals surface area contributed by atoms with Crippen molar-refractivity contribution < 1.29 is 77.0 Å². The van der Waals surface area contributed by atoms with Crippen LogP contribution in [0, 0.1) is 33.5 Å². The zero-order chi connectivity index (χ0) is 56.0. The van der Waals surface area contributed by atoms with Gasteiger partial charge in [0.15, 0.2) is 11.5 Å². The number of aliphatic hydroxyl groups excluding tert-OH is 2. The monoisotopic (exact) mass is 1070 g/mol. The number of methoxy groups -OCH3 is 2. The van der Waals surface area contributed by atoms with Crippen molar-refractivity contribution >= 4 is 47.0 Å². The van der Waals surface area contributed by atoms with Crippen LogP contribution in [0.2, 0.25) is 0 Å². The summed E-state index contributed by atoms with van der Waals surface area (Å²) in [5, 5.41) is 23.0. The van der Waals surface area contributed by atoms with E-state index in [-0.39, 0.29) is 91.3 Å². The number of ether oxygens (including phenoxy) is 6. The van der Waals surface area contributed by atoms with Crippen molar-refractivity contribution in [3.8, 4) is 0 Å². The molecule has 0 spiro atoms. The Bertz CT molecular complexity index is 2580. The van der Waals surface area contributed by atoms with Gasteiger partial charge in [0.1, 0.15) is 36.0 Å². The molecule has 10 atom stereocenters. The summed E-state index contributed by atoms with van der Waals surface area (Å²) in [6, 6.07) is 0. The van der Waals surface area contributed by atoms with E-state index < -0.39 is 105 Å². The predicted molar refractivity (Wildman–Crippen MR) is 282 cm³/mol. The van der Waals surface area contributed by atoms with Gasteiger partial charge in [0.25, 0.3) is 0 Å². The maximum atomic E-state index is 14.0. The van der Waals surface area contributed by atoms with Crippen LogP contribution in [-0.2, 0) is 66.8 Å². The van der Waals surface area contributed by atoms with Gasteiger partial charge in [-0.1, -0.05) is 45.6 Å². The molecular formula is C59H74N2O16. The second-order valence-corrected chi connectivity index (χ2v) is 21.5. The number of carbonyl (C=O) groups is 8. The molecule has 8 aliphatic rings. The number of ketones is 4. The lowest BCUT2D eigenvalue weighted by molar-refractivity contribution is -0.160. The van der Waals surface area contributed by atoms with Gasteiger partial charge in [0, 0.05) is 137 Å². The lowest BCUT2D eigenvalue weighted by Crippen LogP contribution is -2.57. The highest BCUT2D eigenvalue weighted by atomic mass is 16.6. The number of carbonyl (C=O) groups excluding carboxylic acids is 8. The normalized spacial score (nSPS) is 33.0. The number of rotatable bonds is 16. The van der Waals surface area contributed by atoms with Gasteiger partial charge in [-0.25, -0.2) is 9.59 Å². The predicted octanol–water partition coefficient (Wildman–Crippen LogP) is 6.91. The summed E-state index contributed by atoms with van der Waals surface area (Å²) in [4.78, 5) is 109. The van der Waals surface area contributed by atoms with E-state index in [0.717, 1.165) is 0 Å². The molecule has 18 heteroatoms. The van der Waals surface area contributed by atoms with Crippen molar-refractivity contribution in [3.63, 3.8) is 0 Å². The smallest absolute Gasteiger partial charge is 0.340 e. The van der Waals surface area contributed by atoms with Crippen LogP contribution in [-0.4, -0.2) is 145 Å². The fourth-order valence-electron chi connectivity index (χ4n) is 13.6. The van der Waals surface area contributed by atoms with Crippen LogP contribution >= 0.6 is 0 Å². The van der Waals surface area contributed by atoms with Gasteiger partial charge in [-0.3, -0.25) is 28.8 Å². The minimum Gasteiger partial charge on any atom is -0.504 e. The van der Waals surface area contributed by atoms with Crippen molar-refractivity contribution in [3.05, 3.63) is 119 Å². The third-order valence-corrected chi connectivity index (χ3v) is 16.9. The van der Waals surface area contributed by atoms with E-state index in [9.17, 15) is 48.6 Å². The minimum absolute atomic E-state index is 0. The van der Waals surface area contributed by atoms with Crippen LogP contribution in [0.4, 0.5) is 0 Å². The fraction of sp³-hybridized carbons (Fsp3) is 0.525. The molecule has 77 heavy (non-hydrogen) atoms. The van der Waals surface area contributed by atoms with Crippen LogP contribution in [0.3, 0.4) is 0 Å². The molecule has 2 aliphatic heterocycles. The molecular weight excluding hydrogens is 993 g/mol. The Morgan fingerprint density at radius 3 is 1.22 bits per heavy atom. The largest absolute Gasteiger partial charge is 0.504 e. The Balaban J connectivity index is 0.000000246.